The van der Waals surface area contributed by atoms with Gasteiger partial charge in [0.25, 0.3) is 11.7 Å². The second-order valence-electron chi connectivity index (χ2n) is 8.57. The van der Waals surface area contributed by atoms with E-state index < -0.39 is 0 Å². The fraction of sp³-hybridized carbons (Fsp3) is 0.455. The fourth-order valence-electron chi connectivity index (χ4n) is 4.29. The van der Waals surface area contributed by atoms with E-state index in [1.165, 1.54) is 16.9 Å². The molecule has 31 heavy (non-hydrogen) atoms. The number of aromatic amines is 1. The molecular formula is C22H27N4O4S+. The van der Waals surface area contributed by atoms with Crippen LogP contribution in [0.5, 0.6) is 0 Å². The van der Waals surface area contributed by atoms with Crippen molar-refractivity contribution in [2.24, 2.45) is 0 Å². The topological polar surface area (TPSA) is 104 Å². The number of amides is 1. The van der Waals surface area contributed by atoms with Crippen molar-refractivity contribution >= 4 is 39.0 Å². The molecule has 1 fully saturated rings. The number of hydrogen-bond acceptors (Lipinski definition) is 7. The molecule has 0 aliphatic carbocycles. The van der Waals surface area contributed by atoms with E-state index in [1.54, 1.807) is 12.3 Å². The lowest BCUT2D eigenvalue weighted by Crippen LogP contribution is -2.42. The van der Waals surface area contributed by atoms with E-state index in [1.807, 2.05) is 6.07 Å². The molecule has 2 aliphatic rings. The van der Waals surface area contributed by atoms with Gasteiger partial charge in [0.05, 0.1) is 54.9 Å². The molecule has 0 saturated carbocycles. The average molecular weight is 444 g/mol. The van der Waals surface area contributed by atoms with E-state index >= 15 is 0 Å². The summed E-state index contributed by atoms with van der Waals surface area (Å²) in [5.74, 6) is 1.55. The molecule has 9 heteroatoms. The van der Waals surface area contributed by atoms with E-state index in [0.717, 1.165) is 41.1 Å². The standard InChI is InChI=1S/C22H26N4O4S/c1-22(2)10-14-15(12-30-22)19(26-5-8-28-9-6-26)25-21-16(14)17(23)18(31-21)20(27)24-11-13-4-3-7-29-13/h3-4,7H,5-6,8-12,23H2,1-2H3,(H,24,27)/p+1. The molecule has 5 heterocycles. The lowest BCUT2D eigenvalue weighted by Gasteiger charge is -2.33. The van der Waals surface area contributed by atoms with Crippen LogP contribution in [0.3, 0.4) is 0 Å². The van der Waals surface area contributed by atoms with Crippen LogP contribution in [-0.2, 0) is 29.0 Å². The molecule has 1 amide bonds. The summed E-state index contributed by atoms with van der Waals surface area (Å²) in [5.41, 5.74) is 9.09. The van der Waals surface area contributed by atoms with Crippen molar-refractivity contribution in [1.29, 1.82) is 0 Å². The number of nitrogens with two attached hydrogens (primary N) is 1. The number of thiophene rings is 1. The Bertz CT molecular complexity index is 1120. The second kappa shape index (κ2) is 7.81. The van der Waals surface area contributed by atoms with E-state index in [9.17, 15) is 4.79 Å². The summed E-state index contributed by atoms with van der Waals surface area (Å²) >= 11 is 1.40. The van der Waals surface area contributed by atoms with Crippen LogP contribution < -0.4 is 20.9 Å². The van der Waals surface area contributed by atoms with Gasteiger partial charge < -0.3 is 24.9 Å². The lowest BCUT2D eigenvalue weighted by atomic mass is 9.89. The highest BCUT2D eigenvalue weighted by Gasteiger charge is 2.36. The maximum atomic E-state index is 12.9. The van der Waals surface area contributed by atoms with Gasteiger partial charge in [-0.2, -0.15) is 0 Å². The molecule has 3 aromatic rings. The Morgan fingerprint density at radius 3 is 2.87 bits per heavy atom. The zero-order valence-corrected chi connectivity index (χ0v) is 18.6. The smallest absolute Gasteiger partial charge is 0.281 e. The molecular weight excluding hydrogens is 416 g/mol. The fourth-order valence-corrected chi connectivity index (χ4v) is 5.35. The first-order valence-electron chi connectivity index (χ1n) is 10.5. The van der Waals surface area contributed by atoms with Crippen molar-refractivity contribution in [2.75, 3.05) is 36.9 Å². The molecule has 0 atom stereocenters. The number of aromatic nitrogens is 1. The van der Waals surface area contributed by atoms with Crippen molar-refractivity contribution in [3.63, 3.8) is 0 Å². The number of anilines is 2. The lowest BCUT2D eigenvalue weighted by molar-refractivity contribution is -0.329. The normalized spacial score (nSPS) is 18.2. The van der Waals surface area contributed by atoms with Crippen LogP contribution in [0.25, 0.3) is 10.2 Å². The summed E-state index contributed by atoms with van der Waals surface area (Å²) in [4.78, 5) is 20.2. The van der Waals surface area contributed by atoms with Gasteiger partial charge in [0.15, 0.2) is 4.83 Å². The number of furan rings is 1. The van der Waals surface area contributed by atoms with Gasteiger partial charge in [-0.05, 0) is 31.5 Å². The monoisotopic (exact) mass is 443 g/mol. The molecule has 3 aromatic heterocycles. The Morgan fingerprint density at radius 1 is 1.32 bits per heavy atom. The Hall–Kier alpha value is -2.62. The number of morpholine rings is 1. The van der Waals surface area contributed by atoms with Gasteiger partial charge >= 0.3 is 0 Å². The Balaban J connectivity index is 1.57. The summed E-state index contributed by atoms with van der Waals surface area (Å²) in [7, 11) is 0. The predicted molar refractivity (Wildman–Crippen MR) is 118 cm³/mol. The van der Waals surface area contributed by atoms with E-state index in [2.05, 4.69) is 29.0 Å². The molecule has 2 aliphatic heterocycles. The largest absolute Gasteiger partial charge is 0.467 e. The summed E-state index contributed by atoms with van der Waals surface area (Å²) in [5, 5.41) is 3.85. The summed E-state index contributed by atoms with van der Waals surface area (Å²) in [6.45, 7) is 8.03. The first kappa shape index (κ1) is 20.3. The van der Waals surface area contributed by atoms with Crippen LogP contribution in [0.15, 0.2) is 22.8 Å². The summed E-state index contributed by atoms with van der Waals surface area (Å²) in [6.07, 6.45) is 2.33. The Kier molecular flexibility index (Phi) is 5.11. The van der Waals surface area contributed by atoms with Crippen LogP contribution >= 0.6 is 11.3 Å². The van der Waals surface area contributed by atoms with Crippen molar-refractivity contribution in [3.8, 4) is 0 Å². The molecule has 0 aromatic carbocycles. The van der Waals surface area contributed by atoms with Crippen LogP contribution in [-0.4, -0.2) is 37.8 Å². The number of nitrogen functional groups attached to an aromatic ring is 1. The molecule has 8 nitrogen and oxygen atoms in total. The number of carbonyl (C=O) groups excluding carboxylic acids is 1. The van der Waals surface area contributed by atoms with Crippen molar-refractivity contribution < 1.29 is 23.7 Å². The number of hydrogen-bond donors (Lipinski definition) is 2. The third-order valence-corrected chi connectivity index (χ3v) is 7.00. The molecule has 164 valence electrons. The van der Waals surface area contributed by atoms with E-state index in [-0.39, 0.29) is 11.5 Å². The molecule has 5 rings (SSSR count). The van der Waals surface area contributed by atoms with E-state index in [0.29, 0.717) is 42.7 Å². The van der Waals surface area contributed by atoms with Gasteiger partial charge in [-0.1, -0.05) is 11.3 Å². The molecule has 0 bridgehead atoms. The number of nitrogens with one attached hydrogen (secondary N) is 2. The van der Waals surface area contributed by atoms with Crippen molar-refractivity contribution in [2.45, 2.75) is 39.0 Å². The molecule has 0 unspecified atom stereocenters. The van der Waals surface area contributed by atoms with Gasteiger partial charge in [0.1, 0.15) is 23.7 Å². The summed E-state index contributed by atoms with van der Waals surface area (Å²) in [6, 6.07) is 3.63. The number of ether oxygens (including phenoxy) is 2. The van der Waals surface area contributed by atoms with Crippen molar-refractivity contribution in [1.82, 2.24) is 5.32 Å². The van der Waals surface area contributed by atoms with Gasteiger partial charge in [-0.3, -0.25) is 9.69 Å². The van der Waals surface area contributed by atoms with E-state index in [4.69, 9.17) is 19.6 Å². The maximum Gasteiger partial charge on any atom is 0.281 e. The first-order chi connectivity index (χ1) is 14.9. The van der Waals surface area contributed by atoms with Crippen LogP contribution in [0.4, 0.5) is 11.5 Å². The van der Waals surface area contributed by atoms with Gasteiger partial charge in [0, 0.05) is 6.42 Å². The minimum atomic E-state index is -0.292. The van der Waals surface area contributed by atoms with Crippen molar-refractivity contribution in [3.05, 3.63) is 40.2 Å². The number of carbonyl (C=O) groups is 1. The third kappa shape index (κ3) is 3.77. The average Bonchev–Trinajstić information content (AvgIpc) is 3.39. The highest BCUT2D eigenvalue weighted by atomic mass is 32.1. The third-order valence-electron chi connectivity index (χ3n) is 5.88. The van der Waals surface area contributed by atoms with Crippen LogP contribution in [0.2, 0.25) is 0 Å². The molecule has 0 spiro atoms. The number of fused-ring (bicyclic) bond motifs is 3. The number of nitrogens with zero attached hydrogens (tertiary/aromatic N) is 1. The van der Waals surface area contributed by atoms with Crippen LogP contribution in [0.1, 0.15) is 40.4 Å². The zero-order chi connectivity index (χ0) is 21.6. The predicted octanol–water partition coefficient (Wildman–Crippen LogP) is 2.51. The number of rotatable bonds is 4. The Morgan fingerprint density at radius 2 is 2.13 bits per heavy atom. The van der Waals surface area contributed by atoms with Crippen LogP contribution in [0, 0.1) is 0 Å². The van der Waals surface area contributed by atoms with Gasteiger partial charge in [-0.25, -0.2) is 4.98 Å². The van der Waals surface area contributed by atoms with Gasteiger partial charge in [0.2, 0.25) is 0 Å². The highest BCUT2D eigenvalue weighted by Crippen LogP contribution is 2.41. The summed E-state index contributed by atoms with van der Waals surface area (Å²) < 4.78 is 17.0. The zero-order valence-electron chi connectivity index (χ0n) is 17.7. The molecule has 4 N–H and O–H groups in total. The number of pyridine rings is 1. The first-order valence-corrected chi connectivity index (χ1v) is 11.3. The quantitative estimate of drug-likeness (QED) is 0.642. The minimum absolute atomic E-state index is 0.198. The SMILES string of the molecule is CC1(C)Cc2c(c(N3CCOCC3)[nH+]c3sc(C(=O)NCc4ccco4)c(N)c23)CO1. The number of H-pyrrole nitrogens is 1. The molecule has 0 radical (unpaired) electrons. The second-order valence-corrected chi connectivity index (χ2v) is 9.59. The highest BCUT2D eigenvalue weighted by molar-refractivity contribution is 7.20. The van der Waals surface area contributed by atoms with Gasteiger partial charge in [-0.15, -0.1) is 0 Å². The Labute approximate surface area is 184 Å². The maximum absolute atomic E-state index is 12.9. The minimum Gasteiger partial charge on any atom is -0.467 e. The molecule has 1 saturated heterocycles.